The largest absolute Gasteiger partial charge is 0.437 e. The molecular weight excluding hydrogens is 344 g/mol. The number of pyridine rings is 2. The normalized spacial score (nSPS) is 12.0. The van der Waals surface area contributed by atoms with Gasteiger partial charge in [0.15, 0.2) is 11.8 Å². The number of hydrogen-bond acceptors (Lipinski definition) is 2. The van der Waals surface area contributed by atoms with Crippen LogP contribution in [0.25, 0.3) is 33.3 Å². The van der Waals surface area contributed by atoms with Gasteiger partial charge in [0.2, 0.25) is 11.4 Å². The van der Waals surface area contributed by atoms with Gasteiger partial charge in [-0.15, -0.1) is 0 Å². The number of rotatable bonds is 4. The van der Waals surface area contributed by atoms with E-state index in [-0.39, 0.29) is 0 Å². The topological polar surface area (TPSA) is 29.9 Å². The van der Waals surface area contributed by atoms with Crippen LogP contribution in [-0.2, 0) is 13.5 Å². The van der Waals surface area contributed by atoms with E-state index in [2.05, 4.69) is 88.8 Å². The third-order valence-electron chi connectivity index (χ3n) is 5.44. The van der Waals surface area contributed by atoms with Gasteiger partial charge < -0.3 is 4.42 Å². The van der Waals surface area contributed by atoms with E-state index < -0.39 is 0 Å². The molecule has 0 amide bonds. The van der Waals surface area contributed by atoms with Gasteiger partial charge in [-0.1, -0.05) is 39.8 Å². The van der Waals surface area contributed by atoms with Crippen LogP contribution in [0.2, 0.25) is 0 Å². The van der Waals surface area contributed by atoms with E-state index in [0.29, 0.717) is 11.8 Å². The van der Waals surface area contributed by atoms with Crippen molar-refractivity contribution in [2.24, 2.45) is 13.0 Å². The summed E-state index contributed by atoms with van der Waals surface area (Å²) >= 11 is 0. The molecule has 144 valence electrons. The molecule has 0 aliphatic heterocycles. The minimum absolute atomic E-state index is 0.379. The van der Waals surface area contributed by atoms with Crippen molar-refractivity contribution < 1.29 is 8.98 Å². The van der Waals surface area contributed by atoms with Gasteiger partial charge in [0.05, 0.1) is 5.56 Å². The summed E-state index contributed by atoms with van der Waals surface area (Å²) in [6.07, 6.45) is 3.23. The van der Waals surface area contributed by atoms with Gasteiger partial charge in [-0.25, -0.2) is 9.55 Å². The molecule has 3 nitrogen and oxygen atoms in total. The van der Waals surface area contributed by atoms with E-state index in [1.807, 2.05) is 0 Å². The first kappa shape index (κ1) is 18.7. The molecule has 0 fully saturated rings. The van der Waals surface area contributed by atoms with Gasteiger partial charge in [0, 0.05) is 28.6 Å². The molecule has 0 unspecified atom stereocenters. The Hall–Kier alpha value is -2.68. The summed E-state index contributed by atoms with van der Waals surface area (Å²) in [6.45, 7) is 11.0. The van der Waals surface area contributed by atoms with Crippen molar-refractivity contribution in [3.63, 3.8) is 0 Å². The molecule has 4 aromatic rings. The number of furan rings is 1. The number of hydrogen-bond donors (Lipinski definition) is 0. The Morgan fingerprint density at radius 2 is 1.75 bits per heavy atom. The lowest BCUT2D eigenvalue weighted by atomic mass is 9.97. The first-order valence-corrected chi connectivity index (χ1v) is 10.2. The Balaban J connectivity index is 1.99. The standard InChI is InChI=1S/C25H29N2O/c1-15(2)13-18-11-12-27(6)22(14-18)23-17(5)7-8-19-20-9-10-21(16(3)4)26-25(20)28-24(19)23/h7-12,14-16H,13H2,1-6H3/q+1. The SMILES string of the molecule is Cc1ccc2c(oc3nc(C(C)C)ccc32)c1-c1cc(CC(C)C)cc[n+]1C. The maximum Gasteiger partial charge on any atom is 0.227 e. The van der Waals surface area contributed by atoms with Crippen molar-refractivity contribution in [3.8, 4) is 11.3 Å². The fourth-order valence-electron chi connectivity index (χ4n) is 3.93. The van der Waals surface area contributed by atoms with E-state index in [1.54, 1.807) is 0 Å². The van der Waals surface area contributed by atoms with Gasteiger partial charge in [-0.3, -0.25) is 0 Å². The minimum atomic E-state index is 0.379. The third kappa shape index (κ3) is 3.19. The number of aromatic nitrogens is 2. The predicted molar refractivity (Wildman–Crippen MR) is 115 cm³/mol. The number of benzene rings is 1. The Morgan fingerprint density at radius 1 is 1.00 bits per heavy atom. The first-order chi connectivity index (χ1) is 13.3. The molecule has 0 N–H and O–H groups in total. The highest BCUT2D eigenvalue weighted by Crippen LogP contribution is 2.37. The van der Waals surface area contributed by atoms with Gasteiger partial charge in [0.1, 0.15) is 7.05 Å². The van der Waals surface area contributed by atoms with Crippen molar-refractivity contribution in [1.82, 2.24) is 4.98 Å². The van der Waals surface area contributed by atoms with Crippen LogP contribution >= 0.6 is 0 Å². The second-order valence-electron chi connectivity index (χ2n) is 8.61. The molecule has 4 rings (SSSR count). The first-order valence-electron chi connectivity index (χ1n) is 10.2. The number of fused-ring (bicyclic) bond motifs is 3. The predicted octanol–water partition coefficient (Wildman–Crippen LogP) is 6.10. The summed E-state index contributed by atoms with van der Waals surface area (Å²) in [6, 6.07) is 13.1. The maximum atomic E-state index is 6.36. The zero-order chi connectivity index (χ0) is 20.0. The molecule has 0 radical (unpaired) electrons. The van der Waals surface area contributed by atoms with Crippen LogP contribution in [0.15, 0.2) is 47.0 Å². The minimum Gasteiger partial charge on any atom is -0.437 e. The summed E-state index contributed by atoms with van der Waals surface area (Å²) < 4.78 is 8.55. The van der Waals surface area contributed by atoms with Crippen LogP contribution in [0.3, 0.4) is 0 Å². The van der Waals surface area contributed by atoms with Crippen LogP contribution < -0.4 is 4.57 Å². The molecule has 3 heteroatoms. The molecule has 0 atom stereocenters. The Kier molecular flexibility index (Phi) is 4.70. The van der Waals surface area contributed by atoms with Crippen LogP contribution in [-0.4, -0.2) is 4.98 Å². The molecule has 0 spiro atoms. The van der Waals surface area contributed by atoms with Gasteiger partial charge >= 0.3 is 0 Å². The fraction of sp³-hybridized carbons (Fsp3) is 0.360. The van der Waals surface area contributed by atoms with E-state index >= 15 is 0 Å². The monoisotopic (exact) mass is 373 g/mol. The lowest BCUT2D eigenvalue weighted by Crippen LogP contribution is -2.31. The maximum absolute atomic E-state index is 6.36. The summed E-state index contributed by atoms with van der Waals surface area (Å²) in [5.74, 6) is 1.01. The number of aryl methyl sites for hydroxylation is 2. The second-order valence-corrected chi connectivity index (χ2v) is 8.61. The van der Waals surface area contributed by atoms with Crippen molar-refractivity contribution in [1.29, 1.82) is 0 Å². The number of nitrogens with zero attached hydrogens (tertiary/aromatic N) is 2. The van der Waals surface area contributed by atoms with Crippen molar-refractivity contribution in [2.75, 3.05) is 0 Å². The molecule has 0 aliphatic carbocycles. The zero-order valence-electron chi connectivity index (χ0n) is 17.7. The van der Waals surface area contributed by atoms with Gasteiger partial charge in [0.25, 0.3) is 0 Å². The van der Waals surface area contributed by atoms with Crippen LogP contribution in [0.4, 0.5) is 0 Å². The molecule has 0 bridgehead atoms. The highest BCUT2D eigenvalue weighted by Gasteiger charge is 2.22. The molecule has 0 aliphatic rings. The average Bonchev–Trinajstić information content (AvgIpc) is 3.00. The second kappa shape index (κ2) is 7.05. The summed E-state index contributed by atoms with van der Waals surface area (Å²) in [5.41, 5.74) is 7.65. The quantitative estimate of drug-likeness (QED) is 0.404. The highest BCUT2D eigenvalue weighted by molar-refractivity contribution is 6.08. The lowest BCUT2D eigenvalue weighted by molar-refractivity contribution is -0.660. The van der Waals surface area contributed by atoms with Gasteiger partial charge in [-0.05, 0) is 48.4 Å². The van der Waals surface area contributed by atoms with E-state index in [1.165, 1.54) is 16.8 Å². The molecule has 28 heavy (non-hydrogen) atoms. The van der Waals surface area contributed by atoms with E-state index in [9.17, 15) is 0 Å². The third-order valence-corrected chi connectivity index (χ3v) is 5.44. The highest BCUT2D eigenvalue weighted by atomic mass is 16.3. The van der Waals surface area contributed by atoms with Gasteiger partial charge in [-0.2, -0.15) is 0 Å². The molecule has 3 aromatic heterocycles. The summed E-state index contributed by atoms with van der Waals surface area (Å²) in [5, 5.41) is 2.22. The van der Waals surface area contributed by atoms with Crippen LogP contribution in [0.5, 0.6) is 0 Å². The fourth-order valence-corrected chi connectivity index (χ4v) is 3.93. The molecule has 3 heterocycles. The summed E-state index contributed by atoms with van der Waals surface area (Å²) in [4.78, 5) is 4.78. The van der Waals surface area contributed by atoms with Crippen molar-refractivity contribution >= 4 is 22.1 Å². The lowest BCUT2D eigenvalue weighted by Gasteiger charge is -2.09. The Bertz CT molecular complexity index is 1170. The van der Waals surface area contributed by atoms with Crippen molar-refractivity contribution in [3.05, 3.63) is 59.4 Å². The van der Waals surface area contributed by atoms with Crippen LogP contribution in [0.1, 0.15) is 50.4 Å². The average molecular weight is 374 g/mol. The van der Waals surface area contributed by atoms with E-state index in [4.69, 9.17) is 9.40 Å². The Morgan fingerprint density at radius 3 is 2.46 bits per heavy atom. The molecule has 0 saturated carbocycles. The van der Waals surface area contributed by atoms with Crippen LogP contribution in [0, 0.1) is 12.8 Å². The Labute approximate surface area is 167 Å². The molecular formula is C25H29N2O+. The summed E-state index contributed by atoms with van der Waals surface area (Å²) in [7, 11) is 2.10. The molecule has 1 aromatic carbocycles. The smallest absolute Gasteiger partial charge is 0.227 e. The zero-order valence-corrected chi connectivity index (χ0v) is 17.7. The van der Waals surface area contributed by atoms with Crippen molar-refractivity contribution in [2.45, 2.75) is 47.0 Å². The van der Waals surface area contributed by atoms with E-state index in [0.717, 1.165) is 39.7 Å². The molecule has 0 saturated heterocycles.